The lowest BCUT2D eigenvalue weighted by atomic mass is 10.0. The Morgan fingerprint density at radius 2 is 2.14 bits per heavy atom. The summed E-state index contributed by atoms with van der Waals surface area (Å²) in [7, 11) is 4.18. The van der Waals surface area contributed by atoms with Crippen LogP contribution in [-0.4, -0.2) is 43.5 Å². The van der Waals surface area contributed by atoms with Gasteiger partial charge in [0.25, 0.3) is 0 Å². The van der Waals surface area contributed by atoms with Crippen molar-refractivity contribution in [1.82, 2.24) is 9.80 Å². The van der Waals surface area contributed by atoms with Crippen LogP contribution in [0, 0.1) is 5.82 Å². The first-order chi connectivity index (χ1) is 10.0. The van der Waals surface area contributed by atoms with Crippen LogP contribution in [0.15, 0.2) is 42.1 Å². The number of benzene rings is 1. The van der Waals surface area contributed by atoms with Gasteiger partial charge in [-0.1, -0.05) is 12.1 Å². The molecule has 0 spiro atoms. The number of allylic oxidation sites excluding steroid dienone is 2. The molecule has 0 atom stereocenters. The van der Waals surface area contributed by atoms with Crippen molar-refractivity contribution in [2.75, 3.05) is 39.5 Å². The molecule has 0 fully saturated rings. The SMILES string of the molecule is CN(C)CCCN1C=CC(Cc2ccc(N)cc2F)=CC1. The summed E-state index contributed by atoms with van der Waals surface area (Å²) >= 11 is 0. The van der Waals surface area contributed by atoms with E-state index in [9.17, 15) is 4.39 Å². The van der Waals surface area contributed by atoms with Crippen molar-refractivity contribution in [3.8, 4) is 0 Å². The second kappa shape index (κ2) is 7.27. The Morgan fingerprint density at radius 1 is 1.33 bits per heavy atom. The molecular weight excluding hydrogens is 265 g/mol. The molecule has 0 radical (unpaired) electrons. The van der Waals surface area contributed by atoms with Gasteiger partial charge in [-0.15, -0.1) is 0 Å². The Balaban J connectivity index is 1.84. The molecule has 1 aliphatic heterocycles. The van der Waals surface area contributed by atoms with Crippen LogP contribution in [0.1, 0.15) is 12.0 Å². The van der Waals surface area contributed by atoms with Crippen LogP contribution in [0.4, 0.5) is 10.1 Å². The molecule has 0 saturated carbocycles. The molecule has 0 aliphatic carbocycles. The van der Waals surface area contributed by atoms with Crippen molar-refractivity contribution < 1.29 is 4.39 Å². The maximum Gasteiger partial charge on any atom is 0.128 e. The Bertz CT molecular complexity index is 535. The third-order valence-corrected chi connectivity index (χ3v) is 3.61. The molecule has 2 rings (SSSR count). The second-order valence-electron chi connectivity index (χ2n) is 5.77. The molecular formula is C17H24FN3. The van der Waals surface area contributed by atoms with Gasteiger partial charge in [0.05, 0.1) is 0 Å². The minimum Gasteiger partial charge on any atom is -0.399 e. The molecule has 1 aromatic carbocycles. The summed E-state index contributed by atoms with van der Waals surface area (Å²) in [5, 5.41) is 0. The average molecular weight is 289 g/mol. The molecule has 0 amide bonds. The minimum absolute atomic E-state index is 0.224. The van der Waals surface area contributed by atoms with Gasteiger partial charge in [0.2, 0.25) is 0 Å². The van der Waals surface area contributed by atoms with Crippen molar-refractivity contribution in [1.29, 1.82) is 0 Å². The van der Waals surface area contributed by atoms with Crippen LogP contribution in [0.25, 0.3) is 0 Å². The number of nitrogens with two attached hydrogens (primary N) is 1. The fraction of sp³-hybridized carbons (Fsp3) is 0.412. The highest BCUT2D eigenvalue weighted by molar-refractivity contribution is 5.42. The fourth-order valence-electron chi connectivity index (χ4n) is 2.38. The summed E-state index contributed by atoms with van der Waals surface area (Å²) in [5.74, 6) is -0.224. The molecule has 21 heavy (non-hydrogen) atoms. The summed E-state index contributed by atoms with van der Waals surface area (Å²) in [6.45, 7) is 3.04. The molecule has 1 aromatic rings. The monoisotopic (exact) mass is 289 g/mol. The molecule has 4 heteroatoms. The minimum atomic E-state index is -0.224. The third-order valence-electron chi connectivity index (χ3n) is 3.61. The standard InChI is InChI=1S/C17H24FN3/c1-20(2)8-3-9-21-10-6-14(7-11-21)12-15-4-5-16(19)13-17(15)18/h4-7,10,13H,3,8-9,11-12,19H2,1-2H3. The second-order valence-corrected chi connectivity index (χ2v) is 5.77. The smallest absolute Gasteiger partial charge is 0.128 e. The van der Waals surface area contributed by atoms with E-state index >= 15 is 0 Å². The first-order valence-corrected chi connectivity index (χ1v) is 7.34. The zero-order valence-corrected chi connectivity index (χ0v) is 12.8. The molecule has 1 aliphatic rings. The van der Waals surface area contributed by atoms with Crippen molar-refractivity contribution >= 4 is 5.69 Å². The lowest BCUT2D eigenvalue weighted by Gasteiger charge is -2.23. The van der Waals surface area contributed by atoms with Gasteiger partial charge in [-0.3, -0.25) is 0 Å². The van der Waals surface area contributed by atoms with E-state index < -0.39 is 0 Å². The van der Waals surface area contributed by atoms with Gasteiger partial charge >= 0.3 is 0 Å². The zero-order valence-electron chi connectivity index (χ0n) is 12.8. The van der Waals surface area contributed by atoms with Crippen LogP contribution in [-0.2, 0) is 6.42 Å². The molecule has 0 saturated heterocycles. The summed E-state index contributed by atoms with van der Waals surface area (Å²) in [6.07, 6.45) is 8.13. The lowest BCUT2D eigenvalue weighted by Crippen LogP contribution is -2.24. The number of anilines is 1. The Hall–Kier alpha value is -1.81. The van der Waals surface area contributed by atoms with E-state index in [0.29, 0.717) is 17.7 Å². The van der Waals surface area contributed by atoms with Crippen LogP contribution in [0.2, 0.25) is 0 Å². The van der Waals surface area contributed by atoms with Gasteiger partial charge < -0.3 is 15.5 Å². The predicted octanol–water partition coefficient (Wildman–Crippen LogP) is 2.66. The maximum atomic E-state index is 13.8. The molecule has 0 unspecified atom stereocenters. The summed E-state index contributed by atoms with van der Waals surface area (Å²) in [6, 6.07) is 4.90. The van der Waals surface area contributed by atoms with Crippen molar-refractivity contribution in [2.45, 2.75) is 12.8 Å². The number of nitrogens with zero attached hydrogens (tertiary/aromatic N) is 2. The highest BCUT2D eigenvalue weighted by Gasteiger charge is 2.08. The summed E-state index contributed by atoms with van der Waals surface area (Å²) in [5.41, 5.74) is 7.89. The molecule has 3 nitrogen and oxygen atoms in total. The van der Waals surface area contributed by atoms with Crippen molar-refractivity contribution in [3.05, 3.63) is 53.5 Å². The lowest BCUT2D eigenvalue weighted by molar-refractivity contribution is 0.341. The van der Waals surface area contributed by atoms with E-state index in [0.717, 1.165) is 31.6 Å². The number of hydrogen-bond acceptors (Lipinski definition) is 3. The molecule has 2 N–H and O–H groups in total. The predicted molar refractivity (Wildman–Crippen MR) is 86.5 cm³/mol. The zero-order chi connectivity index (χ0) is 15.2. The highest BCUT2D eigenvalue weighted by atomic mass is 19.1. The Morgan fingerprint density at radius 3 is 2.76 bits per heavy atom. The van der Waals surface area contributed by atoms with E-state index in [2.05, 4.69) is 42.2 Å². The van der Waals surface area contributed by atoms with Crippen LogP contribution in [0.5, 0.6) is 0 Å². The number of nitrogen functional groups attached to an aromatic ring is 1. The first kappa shape index (κ1) is 15.6. The van der Waals surface area contributed by atoms with Crippen molar-refractivity contribution in [3.63, 3.8) is 0 Å². The van der Waals surface area contributed by atoms with Crippen LogP contribution < -0.4 is 5.73 Å². The Labute approximate surface area is 126 Å². The summed E-state index contributed by atoms with van der Waals surface area (Å²) < 4.78 is 13.8. The maximum absolute atomic E-state index is 13.8. The van der Waals surface area contributed by atoms with Crippen molar-refractivity contribution in [2.24, 2.45) is 0 Å². The number of hydrogen-bond donors (Lipinski definition) is 1. The normalized spacial score (nSPS) is 14.7. The van der Waals surface area contributed by atoms with Gasteiger partial charge in [0.15, 0.2) is 0 Å². The Kier molecular flexibility index (Phi) is 5.39. The average Bonchev–Trinajstić information content (AvgIpc) is 2.43. The van der Waals surface area contributed by atoms with E-state index in [1.807, 2.05) is 0 Å². The number of rotatable bonds is 6. The number of halogens is 1. The van der Waals surface area contributed by atoms with Gasteiger partial charge in [-0.2, -0.15) is 0 Å². The summed E-state index contributed by atoms with van der Waals surface area (Å²) in [4.78, 5) is 4.48. The molecule has 1 heterocycles. The van der Waals surface area contributed by atoms with Gasteiger partial charge in [-0.05, 0) is 62.6 Å². The molecule has 114 valence electrons. The highest BCUT2D eigenvalue weighted by Crippen LogP contribution is 2.18. The van der Waals surface area contributed by atoms with E-state index in [1.165, 1.54) is 6.07 Å². The van der Waals surface area contributed by atoms with Gasteiger partial charge in [0.1, 0.15) is 5.82 Å². The first-order valence-electron chi connectivity index (χ1n) is 7.34. The van der Waals surface area contributed by atoms with E-state index in [4.69, 9.17) is 5.73 Å². The molecule has 0 bridgehead atoms. The topological polar surface area (TPSA) is 32.5 Å². The van der Waals surface area contributed by atoms with Crippen LogP contribution >= 0.6 is 0 Å². The quantitative estimate of drug-likeness (QED) is 0.817. The fourth-order valence-corrected chi connectivity index (χ4v) is 2.38. The molecule has 0 aromatic heterocycles. The van der Waals surface area contributed by atoms with Crippen LogP contribution in [0.3, 0.4) is 0 Å². The van der Waals surface area contributed by atoms with Gasteiger partial charge in [-0.25, -0.2) is 4.39 Å². The van der Waals surface area contributed by atoms with E-state index in [1.54, 1.807) is 12.1 Å². The third kappa shape index (κ3) is 4.90. The van der Waals surface area contributed by atoms with E-state index in [-0.39, 0.29) is 5.82 Å². The van der Waals surface area contributed by atoms with Gasteiger partial charge in [0, 0.05) is 25.2 Å². The largest absolute Gasteiger partial charge is 0.399 e.